The van der Waals surface area contributed by atoms with Crippen LogP contribution in [0.15, 0.2) is 0 Å². The van der Waals surface area contributed by atoms with Gasteiger partial charge in [0, 0.05) is 0 Å². The summed E-state index contributed by atoms with van der Waals surface area (Å²) in [6.45, 7) is 0. The number of carbonyl (C=O) groups excluding carboxylic acids is 2. The SMILES string of the molecule is O=C(Cl)[C](=O)[Rh]. The van der Waals surface area contributed by atoms with Crippen molar-refractivity contribution in [1.82, 2.24) is 0 Å². The fourth-order valence-electron chi connectivity index (χ4n) is 0. The van der Waals surface area contributed by atoms with Crippen LogP contribution < -0.4 is 0 Å². The van der Waals surface area contributed by atoms with Gasteiger partial charge in [-0.2, -0.15) is 0 Å². The van der Waals surface area contributed by atoms with E-state index in [1.54, 1.807) is 0 Å². The molecule has 0 unspecified atom stereocenters. The molecule has 0 aromatic rings. The quantitative estimate of drug-likeness (QED) is 0.330. The van der Waals surface area contributed by atoms with Gasteiger partial charge in [-0.25, -0.2) is 0 Å². The van der Waals surface area contributed by atoms with Crippen LogP contribution in [0.25, 0.3) is 0 Å². The van der Waals surface area contributed by atoms with Crippen LogP contribution in [0.1, 0.15) is 0 Å². The molecule has 0 spiro atoms. The molecule has 0 heterocycles. The zero-order valence-electron chi connectivity index (χ0n) is 2.53. The number of hydrogen-bond donors (Lipinski definition) is 0. The van der Waals surface area contributed by atoms with Crippen molar-refractivity contribution in [1.29, 1.82) is 0 Å². The first-order chi connectivity index (χ1) is 2.64. The van der Waals surface area contributed by atoms with Gasteiger partial charge in [-0.3, -0.25) is 0 Å². The fourth-order valence-corrected chi connectivity index (χ4v) is 0. The van der Waals surface area contributed by atoms with Gasteiger partial charge in [-0.05, 0) is 0 Å². The van der Waals surface area contributed by atoms with Gasteiger partial charge in [0.2, 0.25) is 0 Å². The summed E-state index contributed by atoms with van der Waals surface area (Å²) in [5.41, 5.74) is 0. The van der Waals surface area contributed by atoms with Gasteiger partial charge >= 0.3 is 49.1 Å². The van der Waals surface area contributed by atoms with E-state index in [0.717, 1.165) is 0 Å². The molecule has 0 fully saturated rings. The standard InChI is InChI=1S/C2ClO2.Rh/c3-2(5)1-4;. The van der Waals surface area contributed by atoms with Gasteiger partial charge in [0.15, 0.2) is 0 Å². The van der Waals surface area contributed by atoms with Crippen molar-refractivity contribution in [3.05, 3.63) is 0 Å². The summed E-state index contributed by atoms with van der Waals surface area (Å²) >= 11 is 6.42. The Hall–Kier alpha value is 0.253. The molecule has 0 aliphatic rings. The van der Waals surface area contributed by atoms with E-state index in [4.69, 9.17) is 0 Å². The molecule has 4 heteroatoms. The maximum atomic E-state index is 9.61. The Morgan fingerprint density at radius 1 is 1.50 bits per heavy atom. The number of carbonyl (C=O) groups is 2. The molecule has 0 saturated heterocycles. The van der Waals surface area contributed by atoms with Gasteiger partial charge in [0.1, 0.15) is 0 Å². The summed E-state index contributed by atoms with van der Waals surface area (Å²) in [5.74, 6) is 0. The first kappa shape index (κ1) is 6.25. The zero-order chi connectivity index (χ0) is 5.15. The molecule has 0 amide bonds. The molecule has 2 nitrogen and oxygen atoms in total. The average Bonchev–Trinajstić information content (AvgIpc) is 1.36. The second-order valence-electron chi connectivity index (χ2n) is 0.527. The second kappa shape index (κ2) is 2.43. The molecule has 0 radical (unpaired) electrons. The van der Waals surface area contributed by atoms with Crippen LogP contribution in [0.4, 0.5) is 0 Å². The Bertz CT molecular complexity index is 77.5. The Morgan fingerprint density at radius 3 is 1.67 bits per heavy atom. The Kier molecular flexibility index (Phi) is 2.53. The minimum absolute atomic E-state index is 0.724. The van der Waals surface area contributed by atoms with E-state index in [2.05, 4.69) is 11.6 Å². The minimum atomic E-state index is -0.956. The molecule has 0 aliphatic heterocycles. The van der Waals surface area contributed by atoms with Crippen LogP contribution >= 0.6 is 11.6 Å². The monoisotopic (exact) mass is 194 g/mol. The summed E-state index contributed by atoms with van der Waals surface area (Å²) < 4.78 is -0.724. The van der Waals surface area contributed by atoms with Gasteiger partial charge < -0.3 is 0 Å². The average molecular weight is 194 g/mol. The molecule has 0 atom stereocenters. The van der Waals surface area contributed by atoms with Crippen molar-refractivity contribution in [2.45, 2.75) is 0 Å². The molecule has 6 heavy (non-hydrogen) atoms. The Balaban J connectivity index is 3.57. The molecular formula is C2ClO2Rh. The van der Waals surface area contributed by atoms with Gasteiger partial charge in [0.05, 0.1) is 0 Å². The molecule has 36 valence electrons. The summed E-state index contributed by atoms with van der Waals surface area (Å²) in [6.07, 6.45) is 0. The van der Waals surface area contributed by atoms with Crippen molar-refractivity contribution in [2.75, 3.05) is 0 Å². The molecule has 0 aromatic heterocycles. The van der Waals surface area contributed by atoms with Gasteiger partial charge in [-0.1, -0.05) is 0 Å². The number of halogens is 1. The van der Waals surface area contributed by atoms with Crippen molar-refractivity contribution < 1.29 is 27.9 Å². The van der Waals surface area contributed by atoms with E-state index in [1.807, 2.05) is 18.3 Å². The molecule has 0 N–H and O–H groups in total. The normalized spacial score (nSPS) is 7.83. The first-order valence-corrected chi connectivity index (χ1v) is 2.21. The van der Waals surface area contributed by atoms with E-state index >= 15 is 0 Å². The van der Waals surface area contributed by atoms with Crippen molar-refractivity contribution in [3.8, 4) is 0 Å². The fraction of sp³-hybridized carbons (Fsp3) is 0. The molecule has 0 bridgehead atoms. The van der Waals surface area contributed by atoms with Crippen LogP contribution in [0, 0.1) is 0 Å². The van der Waals surface area contributed by atoms with E-state index in [-0.39, 0.29) is 0 Å². The molecule has 0 aromatic carbocycles. The Morgan fingerprint density at radius 2 is 1.67 bits per heavy atom. The Labute approximate surface area is 49.5 Å². The zero-order valence-corrected chi connectivity index (χ0v) is 4.92. The predicted octanol–water partition coefficient (Wildman–Crippen LogP) is -0.175. The van der Waals surface area contributed by atoms with Crippen molar-refractivity contribution in [3.63, 3.8) is 0 Å². The number of rotatable bonds is 1. The summed E-state index contributed by atoms with van der Waals surface area (Å²) in [4.78, 5) is 19.1. The molecule has 0 saturated carbocycles. The van der Waals surface area contributed by atoms with Crippen LogP contribution in [0.2, 0.25) is 0 Å². The van der Waals surface area contributed by atoms with Gasteiger partial charge in [0.25, 0.3) is 0 Å². The van der Waals surface area contributed by atoms with E-state index in [9.17, 15) is 9.59 Å². The summed E-state index contributed by atoms with van der Waals surface area (Å²) in [5, 5.41) is -0.956. The van der Waals surface area contributed by atoms with E-state index in [1.165, 1.54) is 0 Å². The summed E-state index contributed by atoms with van der Waals surface area (Å²) in [6, 6.07) is 0. The first-order valence-electron chi connectivity index (χ1n) is 1.01. The summed E-state index contributed by atoms with van der Waals surface area (Å²) in [7, 11) is 0. The van der Waals surface area contributed by atoms with E-state index in [0.29, 0.717) is 0 Å². The van der Waals surface area contributed by atoms with E-state index < -0.39 is 9.62 Å². The van der Waals surface area contributed by atoms with Crippen LogP contribution in [0.5, 0.6) is 0 Å². The maximum absolute atomic E-state index is 9.61. The third-order valence-electron chi connectivity index (χ3n) is 0.146. The molecular weight excluding hydrogens is 194 g/mol. The van der Waals surface area contributed by atoms with Gasteiger partial charge in [-0.15, -0.1) is 0 Å². The van der Waals surface area contributed by atoms with Crippen LogP contribution in [0.3, 0.4) is 0 Å². The second-order valence-corrected chi connectivity index (χ2v) is 1.61. The van der Waals surface area contributed by atoms with Crippen LogP contribution in [-0.2, 0) is 27.9 Å². The third-order valence-corrected chi connectivity index (χ3v) is 0.918. The van der Waals surface area contributed by atoms with Crippen molar-refractivity contribution >= 4 is 21.2 Å². The number of hydrogen-bond acceptors (Lipinski definition) is 2. The molecule has 0 aliphatic carbocycles. The topological polar surface area (TPSA) is 34.1 Å². The predicted molar refractivity (Wildman–Crippen MR) is 15.9 cm³/mol. The van der Waals surface area contributed by atoms with Crippen molar-refractivity contribution in [2.24, 2.45) is 0 Å². The molecule has 0 rings (SSSR count). The van der Waals surface area contributed by atoms with Crippen LogP contribution in [-0.4, -0.2) is 9.62 Å². The third kappa shape index (κ3) is 2.49.